The van der Waals surface area contributed by atoms with E-state index in [9.17, 15) is 4.79 Å². The Morgan fingerprint density at radius 3 is 2.48 bits per heavy atom. The Morgan fingerprint density at radius 2 is 1.85 bits per heavy atom. The minimum atomic E-state index is -0.217. The van der Waals surface area contributed by atoms with E-state index in [1.54, 1.807) is 12.0 Å². The summed E-state index contributed by atoms with van der Waals surface area (Å²) in [6.07, 6.45) is 0. The number of nitrogens with zero attached hydrogens (tertiary/aromatic N) is 3. The molecule has 1 heterocycles. The summed E-state index contributed by atoms with van der Waals surface area (Å²) in [5.41, 5.74) is 2.70. The summed E-state index contributed by atoms with van der Waals surface area (Å²) >= 11 is 0. The predicted molar refractivity (Wildman–Crippen MR) is 103 cm³/mol. The number of carbonyl (C=O) groups excluding carboxylic acids is 1. The lowest BCUT2D eigenvalue weighted by Crippen LogP contribution is -2.34. The van der Waals surface area contributed by atoms with Crippen LogP contribution in [0.5, 0.6) is 5.75 Å². The summed E-state index contributed by atoms with van der Waals surface area (Å²) in [6.45, 7) is 4.64. The first kappa shape index (κ1) is 18.4. The van der Waals surface area contributed by atoms with E-state index in [0.717, 1.165) is 22.6 Å². The molecule has 0 saturated heterocycles. The zero-order chi connectivity index (χ0) is 19.2. The van der Waals surface area contributed by atoms with Gasteiger partial charge in [0.1, 0.15) is 12.3 Å². The monoisotopic (exact) mass is 366 g/mol. The minimum absolute atomic E-state index is 0.217. The molecule has 0 spiro atoms. The van der Waals surface area contributed by atoms with Crippen molar-refractivity contribution in [2.75, 3.05) is 19.0 Å². The Kier molecular flexibility index (Phi) is 5.71. The molecule has 7 heteroatoms. The Balaban J connectivity index is 1.66. The van der Waals surface area contributed by atoms with Gasteiger partial charge < -0.3 is 19.5 Å². The van der Waals surface area contributed by atoms with Crippen LogP contribution in [0.4, 0.5) is 10.5 Å². The van der Waals surface area contributed by atoms with Gasteiger partial charge in [0.25, 0.3) is 0 Å². The van der Waals surface area contributed by atoms with Crippen molar-refractivity contribution in [1.29, 1.82) is 0 Å². The molecular formula is C20H22N4O3. The first-order valence-electron chi connectivity index (χ1n) is 8.68. The lowest BCUT2D eigenvalue weighted by Gasteiger charge is -2.19. The lowest BCUT2D eigenvalue weighted by atomic mass is 10.2. The van der Waals surface area contributed by atoms with Gasteiger partial charge in [0.15, 0.2) is 0 Å². The van der Waals surface area contributed by atoms with Crippen LogP contribution in [0, 0.1) is 6.92 Å². The molecular weight excluding hydrogens is 344 g/mol. The van der Waals surface area contributed by atoms with Crippen molar-refractivity contribution in [2.24, 2.45) is 0 Å². The third-order valence-electron chi connectivity index (χ3n) is 4.11. The van der Waals surface area contributed by atoms with Crippen LogP contribution in [0.25, 0.3) is 11.4 Å². The Morgan fingerprint density at radius 1 is 1.15 bits per heavy atom. The van der Waals surface area contributed by atoms with Crippen LogP contribution in [0.1, 0.15) is 18.4 Å². The largest absolute Gasteiger partial charge is 0.497 e. The summed E-state index contributed by atoms with van der Waals surface area (Å²) in [7, 11) is 1.61. The SMILES string of the molecule is CCN(Cc1nc(-c2ccc(OC)cc2)no1)C(=O)Nc1ccc(C)cc1. The van der Waals surface area contributed by atoms with Gasteiger partial charge >= 0.3 is 6.03 Å². The van der Waals surface area contributed by atoms with Crippen LogP contribution in [0.15, 0.2) is 53.1 Å². The molecule has 0 aliphatic heterocycles. The van der Waals surface area contributed by atoms with Crippen molar-refractivity contribution in [3.05, 3.63) is 60.0 Å². The zero-order valence-corrected chi connectivity index (χ0v) is 15.6. The van der Waals surface area contributed by atoms with Crippen LogP contribution in [-0.4, -0.2) is 34.7 Å². The van der Waals surface area contributed by atoms with E-state index in [4.69, 9.17) is 9.26 Å². The number of nitrogens with one attached hydrogen (secondary N) is 1. The average molecular weight is 366 g/mol. The van der Waals surface area contributed by atoms with Crippen molar-refractivity contribution in [3.63, 3.8) is 0 Å². The van der Waals surface area contributed by atoms with E-state index in [1.165, 1.54) is 0 Å². The Bertz CT molecular complexity index is 888. The molecule has 0 bridgehead atoms. The van der Waals surface area contributed by atoms with Gasteiger partial charge in [-0.15, -0.1) is 0 Å². The quantitative estimate of drug-likeness (QED) is 0.710. The van der Waals surface area contributed by atoms with Gasteiger partial charge in [-0.25, -0.2) is 4.79 Å². The van der Waals surface area contributed by atoms with Gasteiger partial charge in [-0.2, -0.15) is 4.98 Å². The number of hydrogen-bond donors (Lipinski definition) is 1. The van der Waals surface area contributed by atoms with Crippen LogP contribution in [0.2, 0.25) is 0 Å². The van der Waals surface area contributed by atoms with Gasteiger partial charge in [0.05, 0.1) is 7.11 Å². The number of aromatic nitrogens is 2. The molecule has 0 aliphatic rings. The number of rotatable bonds is 6. The van der Waals surface area contributed by atoms with Crippen molar-refractivity contribution in [2.45, 2.75) is 20.4 Å². The van der Waals surface area contributed by atoms with Gasteiger partial charge in [-0.1, -0.05) is 22.9 Å². The van der Waals surface area contributed by atoms with Crippen molar-refractivity contribution in [1.82, 2.24) is 15.0 Å². The number of benzene rings is 2. The molecule has 2 amide bonds. The fourth-order valence-corrected chi connectivity index (χ4v) is 2.51. The van der Waals surface area contributed by atoms with Crippen molar-refractivity contribution < 1.29 is 14.1 Å². The molecule has 7 nitrogen and oxygen atoms in total. The molecule has 3 rings (SSSR count). The highest BCUT2D eigenvalue weighted by molar-refractivity contribution is 5.89. The maximum Gasteiger partial charge on any atom is 0.322 e. The maximum atomic E-state index is 12.5. The molecule has 0 radical (unpaired) electrons. The zero-order valence-electron chi connectivity index (χ0n) is 15.6. The van der Waals surface area contributed by atoms with Gasteiger partial charge in [0.2, 0.25) is 11.7 Å². The molecule has 1 N–H and O–H groups in total. The summed E-state index contributed by atoms with van der Waals surface area (Å²) < 4.78 is 10.5. The summed E-state index contributed by atoms with van der Waals surface area (Å²) in [5.74, 6) is 1.61. The van der Waals surface area contributed by atoms with Crippen LogP contribution >= 0.6 is 0 Å². The van der Waals surface area contributed by atoms with Crippen LogP contribution in [0.3, 0.4) is 0 Å². The molecule has 0 fully saturated rings. The molecule has 1 aromatic heterocycles. The van der Waals surface area contributed by atoms with Gasteiger partial charge in [-0.3, -0.25) is 0 Å². The number of methoxy groups -OCH3 is 1. The second-order valence-corrected chi connectivity index (χ2v) is 6.05. The van der Waals surface area contributed by atoms with Crippen molar-refractivity contribution in [3.8, 4) is 17.1 Å². The second kappa shape index (κ2) is 8.35. The first-order valence-corrected chi connectivity index (χ1v) is 8.68. The number of amides is 2. The smallest absolute Gasteiger partial charge is 0.322 e. The lowest BCUT2D eigenvalue weighted by molar-refractivity contribution is 0.203. The minimum Gasteiger partial charge on any atom is -0.497 e. The van der Waals surface area contributed by atoms with E-state index in [0.29, 0.717) is 18.3 Å². The number of carbonyl (C=O) groups is 1. The number of urea groups is 1. The summed E-state index contributed by atoms with van der Waals surface area (Å²) in [6, 6.07) is 14.8. The summed E-state index contributed by atoms with van der Waals surface area (Å²) in [5, 5.41) is 6.87. The van der Waals surface area contributed by atoms with Crippen molar-refractivity contribution >= 4 is 11.7 Å². The standard InChI is InChI=1S/C20H22N4O3/c1-4-24(20(25)21-16-9-5-14(2)6-10-16)13-18-22-19(23-27-18)15-7-11-17(26-3)12-8-15/h5-12H,4,13H2,1-3H3,(H,21,25). The number of aryl methyl sites for hydroxylation is 1. The van der Waals surface area contributed by atoms with Gasteiger partial charge in [-0.05, 0) is 50.2 Å². The molecule has 0 aliphatic carbocycles. The second-order valence-electron chi connectivity index (χ2n) is 6.05. The topological polar surface area (TPSA) is 80.5 Å². The molecule has 2 aromatic carbocycles. The third-order valence-corrected chi connectivity index (χ3v) is 4.11. The number of ether oxygens (including phenoxy) is 1. The highest BCUT2D eigenvalue weighted by Crippen LogP contribution is 2.20. The molecule has 3 aromatic rings. The van der Waals surface area contributed by atoms with Crippen LogP contribution < -0.4 is 10.1 Å². The molecule has 0 unspecified atom stereocenters. The Hall–Kier alpha value is -3.35. The fraction of sp³-hybridized carbons (Fsp3) is 0.250. The third kappa shape index (κ3) is 4.63. The maximum absolute atomic E-state index is 12.5. The van der Waals surface area contributed by atoms with Gasteiger partial charge in [0, 0.05) is 17.8 Å². The van der Waals surface area contributed by atoms with E-state index < -0.39 is 0 Å². The predicted octanol–water partition coefficient (Wildman–Crippen LogP) is 4.11. The molecule has 140 valence electrons. The summed E-state index contributed by atoms with van der Waals surface area (Å²) in [4.78, 5) is 18.5. The highest BCUT2D eigenvalue weighted by Gasteiger charge is 2.17. The van der Waals surface area contributed by atoms with E-state index in [-0.39, 0.29) is 12.6 Å². The van der Waals surface area contributed by atoms with E-state index in [2.05, 4.69) is 15.5 Å². The van der Waals surface area contributed by atoms with E-state index in [1.807, 2.05) is 62.4 Å². The van der Waals surface area contributed by atoms with E-state index >= 15 is 0 Å². The van der Waals surface area contributed by atoms with Crippen LogP contribution in [-0.2, 0) is 6.54 Å². The Labute approximate surface area is 158 Å². The molecule has 27 heavy (non-hydrogen) atoms. The fourth-order valence-electron chi connectivity index (χ4n) is 2.51. The molecule has 0 atom stereocenters. The average Bonchev–Trinajstić information content (AvgIpc) is 3.16. The molecule has 0 saturated carbocycles. The highest BCUT2D eigenvalue weighted by atomic mass is 16.5. The normalized spacial score (nSPS) is 10.5. The number of anilines is 1. The number of hydrogen-bond acceptors (Lipinski definition) is 5. The first-order chi connectivity index (χ1) is 13.1.